The molecule has 5 nitrogen and oxygen atoms in total. The summed E-state index contributed by atoms with van der Waals surface area (Å²) in [5, 5.41) is 12.9. The number of nitrogens with one attached hydrogen (secondary N) is 1. The van der Waals surface area contributed by atoms with E-state index in [0.29, 0.717) is 19.1 Å². The van der Waals surface area contributed by atoms with Crippen molar-refractivity contribution in [1.29, 1.82) is 0 Å². The van der Waals surface area contributed by atoms with E-state index in [2.05, 4.69) is 10.2 Å². The van der Waals surface area contributed by atoms with E-state index in [4.69, 9.17) is 5.11 Å². The van der Waals surface area contributed by atoms with Gasteiger partial charge in [0.2, 0.25) is 0 Å². The Labute approximate surface area is 71.3 Å². The normalized spacial score (nSPS) is 20.8. The third-order valence-corrected chi connectivity index (χ3v) is 2.07. The van der Waals surface area contributed by atoms with Crippen molar-refractivity contribution in [3.05, 3.63) is 0 Å². The van der Waals surface area contributed by atoms with Gasteiger partial charge in [-0.15, -0.1) is 5.06 Å². The number of hydroxylamine groups is 2. The largest absolute Gasteiger partial charge is 0.525 e. The highest BCUT2D eigenvalue weighted by molar-refractivity contribution is 5.56. The number of hydrogen-bond donors (Lipinski definition) is 2. The Bertz CT molecular complexity index is 155. The summed E-state index contributed by atoms with van der Waals surface area (Å²) in [7, 11) is 1.92. The minimum Gasteiger partial charge on any atom is -0.448 e. The second kappa shape index (κ2) is 4.27. The molecule has 0 aromatic rings. The molecule has 70 valence electrons. The zero-order valence-electron chi connectivity index (χ0n) is 7.12. The highest BCUT2D eigenvalue weighted by atomic mass is 16.8. The highest BCUT2D eigenvalue weighted by Crippen LogP contribution is 2.09. The molecule has 0 radical (unpaired) electrons. The second-order valence-corrected chi connectivity index (χ2v) is 2.85. The molecule has 1 fully saturated rings. The molecule has 0 aromatic carbocycles. The van der Waals surface area contributed by atoms with Crippen LogP contribution in [0.4, 0.5) is 4.79 Å². The summed E-state index contributed by atoms with van der Waals surface area (Å²) in [5.74, 6) is 0. The van der Waals surface area contributed by atoms with Crippen LogP contribution in [-0.4, -0.2) is 42.5 Å². The van der Waals surface area contributed by atoms with Gasteiger partial charge in [-0.3, -0.25) is 0 Å². The van der Waals surface area contributed by atoms with Crippen LogP contribution in [0, 0.1) is 0 Å². The monoisotopic (exact) mass is 174 g/mol. The minimum absolute atomic E-state index is 0.499. The van der Waals surface area contributed by atoms with E-state index in [1.54, 1.807) is 0 Å². The zero-order valence-corrected chi connectivity index (χ0v) is 7.12. The fraction of sp³-hybridized carbons (Fsp3) is 0.857. The Balaban J connectivity index is 2.21. The Kier molecular flexibility index (Phi) is 3.31. The molecule has 1 saturated heterocycles. The zero-order chi connectivity index (χ0) is 8.97. The van der Waals surface area contributed by atoms with E-state index >= 15 is 0 Å². The van der Waals surface area contributed by atoms with Gasteiger partial charge in [0.25, 0.3) is 0 Å². The molecule has 12 heavy (non-hydrogen) atoms. The molecular formula is C7H14N2O3. The van der Waals surface area contributed by atoms with E-state index in [-0.39, 0.29) is 0 Å². The third-order valence-electron chi connectivity index (χ3n) is 2.07. The van der Waals surface area contributed by atoms with Crippen LogP contribution < -0.4 is 5.32 Å². The number of rotatable bonds is 2. The van der Waals surface area contributed by atoms with Crippen LogP contribution in [0.1, 0.15) is 12.8 Å². The van der Waals surface area contributed by atoms with E-state index in [1.165, 1.54) is 5.06 Å². The van der Waals surface area contributed by atoms with Crippen molar-refractivity contribution in [3.8, 4) is 0 Å². The molecule has 0 bridgehead atoms. The average Bonchev–Trinajstić information content (AvgIpc) is 2.05. The Morgan fingerprint density at radius 2 is 2.17 bits per heavy atom. The third kappa shape index (κ3) is 2.67. The van der Waals surface area contributed by atoms with Gasteiger partial charge in [0.05, 0.1) is 0 Å². The van der Waals surface area contributed by atoms with Crippen LogP contribution >= 0.6 is 0 Å². The van der Waals surface area contributed by atoms with Gasteiger partial charge >= 0.3 is 6.16 Å². The van der Waals surface area contributed by atoms with Gasteiger partial charge in [-0.05, 0) is 19.9 Å². The van der Waals surface area contributed by atoms with Crippen molar-refractivity contribution in [2.75, 3.05) is 20.1 Å². The molecule has 1 aliphatic heterocycles. The van der Waals surface area contributed by atoms with Gasteiger partial charge in [-0.2, -0.15) is 0 Å². The number of nitrogens with zero attached hydrogens (tertiary/aromatic N) is 1. The van der Waals surface area contributed by atoms with Crippen LogP contribution in [0.3, 0.4) is 0 Å². The van der Waals surface area contributed by atoms with E-state index in [1.807, 2.05) is 7.05 Å². The topological polar surface area (TPSA) is 61.8 Å². The summed E-state index contributed by atoms with van der Waals surface area (Å²) in [6.45, 7) is 1.36. The molecule has 0 aliphatic carbocycles. The predicted octanol–water partition coefficient (Wildman–Crippen LogP) is 0.280. The van der Waals surface area contributed by atoms with Crippen molar-refractivity contribution >= 4 is 6.16 Å². The number of piperidine rings is 1. The Morgan fingerprint density at radius 3 is 2.58 bits per heavy atom. The van der Waals surface area contributed by atoms with E-state index < -0.39 is 6.16 Å². The summed E-state index contributed by atoms with van der Waals surface area (Å²) in [5.41, 5.74) is 0. The summed E-state index contributed by atoms with van der Waals surface area (Å²) >= 11 is 0. The maximum absolute atomic E-state index is 10.1. The fourth-order valence-electron chi connectivity index (χ4n) is 1.35. The number of hydrogen-bond acceptors (Lipinski definition) is 4. The van der Waals surface area contributed by atoms with E-state index in [0.717, 1.165) is 12.8 Å². The molecule has 2 N–H and O–H groups in total. The second-order valence-electron chi connectivity index (χ2n) is 2.85. The average molecular weight is 174 g/mol. The summed E-state index contributed by atoms with van der Waals surface area (Å²) in [4.78, 5) is 14.6. The van der Waals surface area contributed by atoms with Gasteiger partial charge in [-0.25, -0.2) is 4.79 Å². The Hall–Kier alpha value is -0.810. The van der Waals surface area contributed by atoms with Gasteiger partial charge in [-0.1, -0.05) is 0 Å². The molecule has 0 atom stereocenters. The first-order valence-corrected chi connectivity index (χ1v) is 4.05. The lowest BCUT2D eigenvalue weighted by Gasteiger charge is -2.29. The first kappa shape index (κ1) is 9.28. The quantitative estimate of drug-likeness (QED) is 0.629. The van der Waals surface area contributed by atoms with Crippen LogP contribution in [0.5, 0.6) is 0 Å². The first-order valence-electron chi connectivity index (χ1n) is 4.05. The minimum atomic E-state index is -1.22. The molecule has 0 saturated carbocycles. The molecule has 0 aromatic heterocycles. The smallest absolute Gasteiger partial charge is 0.448 e. The molecule has 5 heteroatoms. The number of carbonyl (C=O) groups is 1. The van der Waals surface area contributed by atoms with Crippen LogP contribution in [-0.2, 0) is 4.84 Å². The van der Waals surface area contributed by atoms with Gasteiger partial charge < -0.3 is 15.3 Å². The fourth-order valence-corrected chi connectivity index (χ4v) is 1.35. The van der Waals surface area contributed by atoms with Gasteiger partial charge in [0, 0.05) is 19.1 Å². The predicted molar refractivity (Wildman–Crippen MR) is 42.8 cm³/mol. The molecular weight excluding hydrogens is 160 g/mol. The van der Waals surface area contributed by atoms with E-state index in [9.17, 15) is 4.79 Å². The first-order chi connectivity index (χ1) is 5.72. The van der Waals surface area contributed by atoms with Gasteiger partial charge in [0.1, 0.15) is 0 Å². The SMILES string of the molecule is CNC1CCN(OC(=O)O)CC1. The number of carboxylic acid groups (broad SMARTS) is 1. The molecule has 1 heterocycles. The maximum atomic E-state index is 10.1. The molecule has 0 spiro atoms. The standard InChI is InChI=1S/C7H14N2O3/c1-8-6-2-4-9(5-3-6)12-7(10)11/h6,8H,2-5H2,1H3,(H,10,11). The van der Waals surface area contributed by atoms with Crippen LogP contribution in [0.25, 0.3) is 0 Å². The lowest BCUT2D eigenvalue weighted by atomic mass is 10.1. The van der Waals surface area contributed by atoms with Crippen molar-refractivity contribution in [1.82, 2.24) is 10.4 Å². The van der Waals surface area contributed by atoms with Crippen molar-refractivity contribution in [2.45, 2.75) is 18.9 Å². The summed E-state index contributed by atoms with van der Waals surface area (Å²) in [6.07, 6.45) is 0.644. The summed E-state index contributed by atoms with van der Waals surface area (Å²) < 4.78 is 0. The lowest BCUT2D eigenvalue weighted by molar-refractivity contribution is -0.132. The van der Waals surface area contributed by atoms with Crippen molar-refractivity contribution in [2.24, 2.45) is 0 Å². The molecule has 1 aliphatic rings. The van der Waals surface area contributed by atoms with Crippen molar-refractivity contribution in [3.63, 3.8) is 0 Å². The Morgan fingerprint density at radius 1 is 1.58 bits per heavy atom. The highest BCUT2D eigenvalue weighted by Gasteiger charge is 2.19. The lowest BCUT2D eigenvalue weighted by Crippen LogP contribution is -2.41. The molecule has 0 unspecified atom stereocenters. The van der Waals surface area contributed by atoms with Crippen LogP contribution in [0.2, 0.25) is 0 Å². The van der Waals surface area contributed by atoms with Crippen molar-refractivity contribution < 1.29 is 14.7 Å². The maximum Gasteiger partial charge on any atom is 0.525 e. The van der Waals surface area contributed by atoms with Gasteiger partial charge in [0.15, 0.2) is 0 Å². The molecule has 1 rings (SSSR count). The van der Waals surface area contributed by atoms with Crippen LogP contribution in [0.15, 0.2) is 0 Å². The summed E-state index contributed by atoms with van der Waals surface area (Å²) in [6, 6.07) is 0.499. The molecule has 0 amide bonds.